The SMILES string of the molecule is Cc1cc(F)ccc1S(=O)(=O)Nc1csc(-c2ccccc2)n1. The van der Waals surface area contributed by atoms with Gasteiger partial charge in [-0.1, -0.05) is 30.3 Å². The molecule has 0 aliphatic heterocycles. The van der Waals surface area contributed by atoms with Gasteiger partial charge in [-0.15, -0.1) is 11.3 Å². The fourth-order valence-corrected chi connectivity index (χ4v) is 4.19. The molecular weight excluding hydrogens is 335 g/mol. The van der Waals surface area contributed by atoms with Crippen LogP contribution in [0.2, 0.25) is 0 Å². The average Bonchev–Trinajstić information content (AvgIpc) is 2.95. The second-order valence-corrected chi connectivity index (χ2v) is 7.43. The zero-order valence-electron chi connectivity index (χ0n) is 12.2. The topological polar surface area (TPSA) is 59.1 Å². The van der Waals surface area contributed by atoms with Crippen molar-refractivity contribution in [3.63, 3.8) is 0 Å². The molecular formula is C16H13FN2O2S2. The third kappa shape index (κ3) is 3.40. The van der Waals surface area contributed by atoms with Crippen LogP contribution in [0.3, 0.4) is 0 Å². The molecule has 1 heterocycles. The van der Waals surface area contributed by atoms with Crippen LogP contribution in [0.1, 0.15) is 5.56 Å². The summed E-state index contributed by atoms with van der Waals surface area (Å²) >= 11 is 1.35. The number of hydrogen-bond acceptors (Lipinski definition) is 4. The summed E-state index contributed by atoms with van der Waals surface area (Å²) in [4.78, 5) is 4.33. The Hall–Kier alpha value is -2.25. The van der Waals surface area contributed by atoms with E-state index in [0.29, 0.717) is 5.56 Å². The van der Waals surface area contributed by atoms with Gasteiger partial charge in [0.1, 0.15) is 10.8 Å². The van der Waals surface area contributed by atoms with E-state index in [1.807, 2.05) is 30.3 Å². The number of nitrogens with zero attached hydrogens (tertiary/aromatic N) is 1. The molecule has 0 unspecified atom stereocenters. The first-order valence-corrected chi connectivity index (χ1v) is 9.12. The third-order valence-corrected chi connectivity index (χ3v) is 5.60. The van der Waals surface area contributed by atoms with Crippen LogP contribution in [0.5, 0.6) is 0 Å². The van der Waals surface area contributed by atoms with Crippen molar-refractivity contribution in [2.75, 3.05) is 4.72 Å². The van der Waals surface area contributed by atoms with E-state index in [1.54, 1.807) is 12.3 Å². The summed E-state index contributed by atoms with van der Waals surface area (Å²) in [7, 11) is -3.80. The number of hydrogen-bond donors (Lipinski definition) is 1. The van der Waals surface area contributed by atoms with Gasteiger partial charge in [-0.05, 0) is 30.7 Å². The maximum absolute atomic E-state index is 13.1. The molecule has 118 valence electrons. The van der Waals surface area contributed by atoms with Gasteiger partial charge in [0.15, 0.2) is 5.82 Å². The average molecular weight is 348 g/mol. The molecule has 0 saturated heterocycles. The lowest BCUT2D eigenvalue weighted by Gasteiger charge is -2.08. The van der Waals surface area contributed by atoms with Gasteiger partial charge in [0, 0.05) is 10.9 Å². The quantitative estimate of drug-likeness (QED) is 0.773. The lowest BCUT2D eigenvalue weighted by molar-refractivity contribution is 0.598. The van der Waals surface area contributed by atoms with E-state index in [4.69, 9.17) is 0 Å². The van der Waals surface area contributed by atoms with Crippen molar-refractivity contribution in [3.05, 3.63) is 65.3 Å². The Bertz CT molecular complexity index is 938. The summed E-state index contributed by atoms with van der Waals surface area (Å²) in [6.45, 7) is 1.55. The maximum Gasteiger partial charge on any atom is 0.263 e. The van der Waals surface area contributed by atoms with Crippen LogP contribution in [0.4, 0.5) is 10.2 Å². The molecule has 4 nitrogen and oxygen atoms in total. The van der Waals surface area contributed by atoms with Crippen LogP contribution in [0.15, 0.2) is 58.8 Å². The molecule has 7 heteroatoms. The number of aryl methyl sites for hydroxylation is 1. The van der Waals surface area contributed by atoms with Crippen LogP contribution in [-0.4, -0.2) is 13.4 Å². The second-order valence-electron chi connectivity index (χ2n) is 4.92. The van der Waals surface area contributed by atoms with E-state index >= 15 is 0 Å². The number of anilines is 1. The predicted molar refractivity (Wildman–Crippen MR) is 89.5 cm³/mol. The minimum atomic E-state index is -3.80. The molecule has 0 fully saturated rings. The smallest absolute Gasteiger partial charge is 0.263 e. The molecule has 0 amide bonds. The standard InChI is InChI=1S/C16H13FN2O2S2/c1-11-9-13(17)7-8-14(11)23(20,21)19-15-10-22-16(18-15)12-5-3-2-4-6-12/h2-10,19H,1H3. The molecule has 3 rings (SSSR count). The molecule has 0 aliphatic carbocycles. The van der Waals surface area contributed by atoms with Crippen LogP contribution < -0.4 is 4.72 Å². The van der Waals surface area contributed by atoms with Gasteiger partial charge in [0.05, 0.1) is 4.90 Å². The zero-order chi connectivity index (χ0) is 16.4. The Morgan fingerprint density at radius 3 is 2.57 bits per heavy atom. The van der Waals surface area contributed by atoms with Crippen LogP contribution >= 0.6 is 11.3 Å². The highest BCUT2D eigenvalue weighted by atomic mass is 32.2. The lowest BCUT2D eigenvalue weighted by atomic mass is 10.2. The number of aromatic nitrogens is 1. The first kappa shape index (κ1) is 15.6. The van der Waals surface area contributed by atoms with Gasteiger partial charge >= 0.3 is 0 Å². The highest BCUT2D eigenvalue weighted by molar-refractivity contribution is 7.92. The molecule has 0 atom stereocenters. The lowest BCUT2D eigenvalue weighted by Crippen LogP contribution is -2.14. The summed E-state index contributed by atoms with van der Waals surface area (Å²) < 4.78 is 40.4. The Morgan fingerprint density at radius 2 is 1.87 bits per heavy atom. The van der Waals surface area contributed by atoms with Gasteiger partial charge in [0.2, 0.25) is 0 Å². The highest BCUT2D eigenvalue weighted by Crippen LogP contribution is 2.27. The summed E-state index contributed by atoms with van der Waals surface area (Å²) in [5, 5.41) is 2.36. The van der Waals surface area contributed by atoms with Crippen molar-refractivity contribution < 1.29 is 12.8 Å². The number of sulfonamides is 1. The largest absolute Gasteiger partial charge is 0.263 e. The molecule has 3 aromatic rings. The third-order valence-electron chi connectivity index (χ3n) is 3.19. The van der Waals surface area contributed by atoms with Crippen molar-refractivity contribution in [1.82, 2.24) is 4.98 Å². The Kier molecular flexibility index (Phi) is 4.14. The van der Waals surface area contributed by atoms with Gasteiger partial charge in [-0.2, -0.15) is 0 Å². The number of nitrogens with one attached hydrogen (secondary N) is 1. The number of halogens is 1. The maximum atomic E-state index is 13.1. The van der Waals surface area contributed by atoms with Crippen LogP contribution in [0, 0.1) is 12.7 Å². The summed E-state index contributed by atoms with van der Waals surface area (Å²) in [5.41, 5.74) is 1.26. The summed E-state index contributed by atoms with van der Waals surface area (Å²) in [6, 6.07) is 13.0. The molecule has 1 N–H and O–H groups in total. The van der Waals surface area contributed by atoms with Crippen molar-refractivity contribution in [3.8, 4) is 10.6 Å². The van der Waals surface area contributed by atoms with Crippen molar-refractivity contribution in [1.29, 1.82) is 0 Å². The monoisotopic (exact) mass is 348 g/mol. The fourth-order valence-electron chi connectivity index (χ4n) is 2.14. The van der Waals surface area contributed by atoms with E-state index in [1.165, 1.54) is 23.5 Å². The van der Waals surface area contributed by atoms with Gasteiger partial charge in [0.25, 0.3) is 10.0 Å². The molecule has 1 aromatic heterocycles. The first-order valence-electron chi connectivity index (χ1n) is 6.75. The van der Waals surface area contributed by atoms with E-state index < -0.39 is 15.8 Å². The zero-order valence-corrected chi connectivity index (χ0v) is 13.8. The molecule has 0 spiro atoms. The molecule has 23 heavy (non-hydrogen) atoms. The van der Waals surface area contributed by atoms with Crippen LogP contribution in [0.25, 0.3) is 10.6 Å². The van der Waals surface area contributed by atoms with Gasteiger partial charge in [-0.25, -0.2) is 17.8 Å². The normalized spacial score (nSPS) is 11.4. The molecule has 0 radical (unpaired) electrons. The van der Waals surface area contributed by atoms with Crippen LogP contribution in [-0.2, 0) is 10.0 Å². The van der Waals surface area contributed by atoms with E-state index in [9.17, 15) is 12.8 Å². The van der Waals surface area contributed by atoms with E-state index in [0.717, 1.165) is 16.6 Å². The van der Waals surface area contributed by atoms with Crippen molar-refractivity contribution in [2.45, 2.75) is 11.8 Å². The minimum absolute atomic E-state index is 0.0353. The predicted octanol–water partition coefficient (Wildman–Crippen LogP) is 4.06. The van der Waals surface area contributed by atoms with Gasteiger partial charge in [-0.3, -0.25) is 4.72 Å². The van der Waals surface area contributed by atoms with Crippen molar-refractivity contribution >= 4 is 27.2 Å². The second kappa shape index (κ2) is 6.10. The van der Waals surface area contributed by atoms with E-state index in [-0.39, 0.29) is 10.7 Å². The molecule has 0 bridgehead atoms. The first-order chi connectivity index (χ1) is 11.0. The fraction of sp³-hybridized carbons (Fsp3) is 0.0625. The Balaban J connectivity index is 1.88. The number of benzene rings is 2. The number of rotatable bonds is 4. The minimum Gasteiger partial charge on any atom is -0.263 e. The molecule has 0 aliphatic rings. The Labute approximate surface area is 137 Å². The molecule has 2 aromatic carbocycles. The van der Waals surface area contributed by atoms with E-state index in [2.05, 4.69) is 9.71 Å². The molecule has 0 saturated carbocycles. The number of thiazole rings is 1. The summed E-state index contributed by atoms with van der Waals surface area (Å²) in [5.74, 6) is -0.223. The summed E-state index contributed by atoms with van der Waals surface area (Å²) in [6.07, 6.45) is 0. The van der Waals surface area contributed by atoms with Crippen molar-refractivity contribution in [2.24, 2.45) is 0 Å². The Morgan fingerprint density at radius 1 is 1.13 bits per heavy atom. The highest BCUT2D eigenvalue weighted by Gasteiger charge is 2.18. The van der Waals surface area contributed by atoms with Gasteiger partial charge < -0.3 is 0 Å².